The number of nitrogens with zero attached hydrogens (tertiary/aromatic N) is 4. The molecule has 0 spiro atoms. The number of para-hydroxylation sites is 1. The molecule has 4 aromatic rings. The zero-order valence-electron chi connectivity index (χ0n) is 16.2. The summed E-state index contributed by atoms with van der Waals surface area (Å²) in [7, 11) is 0. The Morgan fingerprint density at radius 1 is 1.10 bits per heavy atom. The van der Waals surface area contributed by atoms with Gasteiger partial charge in [0, 0.05) is 10.8 Å². The van der Waals surface area contributed by atoms with Crippen molar-refractivity contribution in [3.8, 4) is 5.88 Å². The van der Waals surface area contributed by atoms with Crippen LogP contribution in [-0.4, -0.2) is 25.8 Å². The lowest BCUT2D eigenvalue weighted by Gasteiger charge is -2.11. The molecule has 2 aromatic heterocycles. The number of fused-ring (bicyclic) bond motifs is 2. The second-order valence-corrected chi connectivity index (χ2v) is 7.06. The van der Waals surface area contributed by atoms with Crippen molar-refractivity contribution in [3.05, 3.63) is 64.1 Å². The van der Waals surface area contributed by atoms with Crippen molar-refractivity contribution in [3.63, 3.8) is 0 Å². The highest BCUT2D eigenvalue weighted by atomic mass is 16.3. The van der Waals surface area contributed by atoms with Gasteiger partial charge in [-0.15, -0.1) is 10.2 Å². The van der Waals surface area contributed by atoms with Crippen LogP contribution in [0, 0.1) is 6.92 Å². The summed E-state index contributed by atoms with van der Waals surface area (Å²) in [6.45, 7) is 5.52. The maximum atomic E-state index is 12.8. The van der Waals surface area contributed by atoms with E-state index in [1.54, 1.807) is 30.3 Å². The van der Waals surface area contributed by atoms with E-state index in [0.29, 0.717) is 16.2 Å². The van der Waals surface area contributed by atoms with Crippen molar-refractivity contribution in [2.75, 3.05) is 0 Å². The molecule has 8 nitrogen and oxygen atoms in total. The third kappa shape index (κ3) is 3.08. The molecule has 0 aliphatic rings. The number of aromatic nitrogens is 3. The van der Waals surface area contributed by atoms with Crippen LogP contribution in [0.15, 0.2) is 57.5 Å². The molecule has 8 heteroatoms. The molecular formula is C21H19N5O3. The van der Waals surface area contributed by atoms with Crippen LogP contribution in [-0.2, 0) is 0 Å². The van der Waals surface area contributed by atoms with Crippen LogP contribution in [0.4, 0.5) is 5.69 Å². The second kappa shape index (κ2) is 6.97. The number of hydrogen-bond donors (Lipinski definition) is 2. The quantitative estimate of drug-likeness (QED) is 0.506. The van der Waals surface area contributed by atoms with Crippen molar-refractivity contribution < 1.29 is 9.90 Å². The first kappa shape index (κ1) is 18.5. The molecule has 0 unspecified atom stereocenters. The van der Waals surface area contributed by atoms with Crippen LogP contribution in [0.5, 0.6) is 5.88 Å². The maximum Gasteiger partial charge on any atom is 0.316 e. The summed E-state index contributed by atoms with van der Waals surface area (Å²) >= 11 is 0. The van der Waals surface area contributed by atoms with E-state index in [1.165, 1.54) is 4.68 Å². The van der Waals surface area contributed by atoms with E-state index >= 15 is 0 Å². The largest absolute Gasteiger partial charge is 0.493 e. The van der Waals surface area contributed by atoms with E-state index in [4.69, 9.17) is 0 Å². The number of aryl methyl sites for hydroxylation is 1. The Bertz CT molecular complexity index is 1350. The summed E-state index contributed by atoms with van der Waals surface area (Å²) in [5.74, 6) is -0.868. The molecule has 1 amide bonds. The lowest BCUT2D eigenvalue weighted by Crippen LogP contribution is -2.27. The van der Waals surface area contributed by atoms with Gasteiger partial charge in [-0.05, 0) is 32.4 Å². The molecule has 0 fully saturated rings. The fraction of sp³-hybridized carbons (Fsp3) is 0.190. The van der Waals surface area contributed by atoms with Gasteiger partial charge >= 0.3 is 5.91 Å². The molecule has 4 rings (SSSR count). The number of azo groups is 1. The first-order chi connectivity index (χ1) is 13.9. The molecular weight excluding hydrogens is 370 g/mol. The predicted octanol–water partition coefficient (Wildman–Crippen LogP) is 4.40. The van der Waals surface area contributed by atoms with Gasteiger partial charge < -0.3 is 10.1 Å². The lowest BCUT2D eigenvalue weighted by molar-refractivity contribution is 0.0989. The molecule has 0 aliphatic carbocycles. The molecule has 0 saturated carbocycles. The molecule has 0 saturated heterocycles. The number of H-pyrrole nitrogens is 1. The fourth-order valence-electron chi connectivity index (χ4n) is 3.29. The molecule has 2 heterocycles. The number of carbonyl (C=O) groups is 1. The van der Waals surface area contributed by atoms with Gasteiger partial charge in [0.25, 0.3) is 5.56 Å². The summed E-state index contributed by atoms with van der Waals surface area (Å²) in [6.07, 6.45) is 0. The number of nitrogens with one attached hydrogen (secondary N) is 1. The molecule has 2 N–H and O–H groups in total. The van der Waals surface area contributed by atoms with Crippen molar-refractivity contribution in [1.82, 2.24) is 14.8 Å². The average molecular weight is 389 g/mol. The smallest absolute Gasteiger partial charge is 0.316 e. The Kier molecular flexibility index (Phi) is 4.46. The zero-order chi connectivity index (χ0) is 20.7. The van der Waals surface area contributed by atoms with Gasteiger partial charge in [0.1, 0.15) is 0 Å². The summed E-state index contributed by atoms with van der Waals surface area (Å²) in [5, 5.41) is 23.6. The van der Waals surface area contributed by atoms with E-state index in [0.717, 1.165) is 11.1 Å². The van der Waals surface area contributed by atoms with Crippen LogP contribution in [0.25, 0.3) is 21.7 Å². The molecule has 146 valence electrons. The minimum absolute atomic E-state index is 0.0353. The molecule has 0 bridgehead atoms. The van der Waals surface area contributed by atoms with Crippen LogP contribution in [0.3, 0.4) is 0 Å². The summed E-state index contributed by atoms with van der Waals surface area (Å²) in [4.78, 5) is 28.3. The third-order valence-corrected chi connectivity index (χ3v) is 4.76. The highest BCUT2D eigenvalue weighted by Gasteiger charge is 2.18. The van der Waals surface area contributed by atoms with Crippen LogP contribution < -0.4 is 5.56 Å². The minimum atomic E-state index is -0.697. The van der Waals surface area contributed by atoms with Gasteiger partial charge in [-0.2, -0.15) is 5.10 Å². The van der Waals surface area contributed by atoms with Gasteiger partial charge in [0.15, 0.2) is 11.4 Å². The van der Waals surface area contributed by atoms with E-state index in [1.807, 2.05) is 32.9 Å². The van der Waals surface area contributed by atoms with Crippen molar-refractivity contribution in [1.29, 1.82) is 0 Å². The molecule has 0 atom stereocenters. The van der Waals surface area contributed by atoms with E-state index in [-0.39, 0.29) is 28.9 Å². The second-order valence-electron chi connectivity index (χ2n) is 7.06. The normalized spacial score (nSPS) is 11.9. The number of aromatic amines is 1. The Morgan fingerprint density at radius 3 is 2.52 bits per heavy atom. The predicted molar refractivity (Wildman–Crippen MR) is 110 cm³/mol. The first-order valence-electron chi connectivity index (χ1n) is 9.16. The molecule has 0 radical (unpaired) electrons. The standard InChI is InChI=1S/C21H19N5O3/c1-11(2)26-21(29)14-9-5-4-8-13(14)18(25-26)20(28)24-23-17-15-10-6-7-12(3)16(15)22-19(17)27/h4-11,22,27H,1-3H3. The van der Waals surface area contributed by atoms with Crippen LogP contribution >= 0.6 is 0 Å². The van der Waals surface area contributed by atoms with Gasteiger partial charge in [-0.1, -0.05) is 36.4 Å². The SMILES string of the molecule is Cc1cccc2c(N=NC(=O)c3nn(C(C)C)c(=O)c4ccccc34)c(O)[nH]c12. The van der Waals surface area contributed by atoms with Gasteiger partial charge in [-0.3, -0.25) is 9.59 Å². The van der Waals surface area contributed by atoms with E-state index in [2.05, 4.69) is 20.3 Å². The van der Waals surface area contributed by atoms with E-state index < -0.39 is 5.91 Å². The Labute approximate surface area is 165 Å². The number of hydrogen-bond acceptors (Lipinski definition) is 5. The number of rotatable bonds is 3. The van der Waals surface area contributed by atoms with Crippen LogP contribution in [0.1, 0.15) is 35.9 Å². The lowest BCUT2D eigenvalue weighted by atomic mass is 10.1. The van der Waals surface area contributed by atoms with Gasteiger partial charge in [0.2, 0.25) is 5.88 Å². The monoisotopic (exact) mass is 389 g/mol. The molecule has 2 aromatic carbocycles. The molecule has 0 aliphatic heterocycles. The Morgan fingerprint density at radius 2 is 1.79 bits per heavy atom. The number of aromatic hydroxyl groups is 1. The highest BCUT2D eigenvalue weighted by molar-refractivity contribution is 6.05. The average Bonchev–Trinajstić information content (AvgIpc) is 3.03. The van der Waals surface area contributed by atoms with E-state index in [9.17, 15) is 14.7 Å². The zero-order valence-corrected chi connectivity index (χ0v) is 16.2. The van der Waals surface area contributed by atoms with Crippen molar-refractivity contribution in [2.24, 2.45) is 10.2 Å². The summed E-state index contributed by atoms with van der Waals surface area (Å²) < 4.78 is 1.26. The third-order valence-electron chi connectivity index (χ3n) is 4.76. The Balaban J connectivity index is 1.83. The topological polar surface area (TPSA) is 113 Å². The maximum absolute atomic E-state index is 12.8. The highest BCUT2D eigenvalue weighted by Crippen LogP contribution is 2.36. The van der Waals surface area contributed by atoms with Crippen molar-refractivity contribution in [2.45, 2.75) is 26.8 Å². The summed E-state index contributed by atoms with van der Waals surface area (Å²) in [6, 6.07) is 12.1. The fourth-order valence-corrected chi connectivity index (χ4v) is 3.29. The van der Waals surface area contributed by atoms with Crippen molar-refractivity contribution >= 4 is 33.3 Å². The van der Waals surface area contributed by atoms with Gasteiger partial charge in [0.05, 0.1) is 16.9 Å². The Hall–Kier alpha value is -3.81. The number of amides is 1. The van der Waals surface area contributed by atoms with Gasteiger partial charge in [-0.25, -0.2) is 4.68 Å². The summed E-state index contributed by atoms with van der Waals surface area (Å²) in [5.41, 5.74) is 1.60. The first-order valence-corrected chi connectivity index (χ1v) is 9.16. The number of benzene rings is 2. The molecule has 29 heavy (non-hydrogen) atoms. The number of carbonyl (C=O) groups excluding carboxylic acids is 1. The van der Waals surface area contributed by atoms with Crippen LogP contribution in [0.2, 0.25) is 0 Å². The minimum Gasteiger partial charge on any atom is -0.493 e.